The SMILES string of the molecule is CCc1ccc(CC(=O)N/N=C/c2cc(I)c(OCc3ccc(Cl)cc3Cl)c(OC)c2)cc1. The van der Waals surface area contributed by atoms with Gasteiger partial charge in [-0.1, -0.05) is 60.5 Å². The molecule has 5 nitrogen and oxygen atoms in total. The third-order valence-electron chi connectivity index (χ3n) is 4.84. The van der Waals surface area contributed by atoms with Crippen LogP contribution in [0.25, 0.3) is 0 Å². The molecule has 0 atom stereocenters. The van der Waals surface area contributed by atoms with Crippen molar-refractivity contribution in [3.63, 3.8) is 0 Å². The first-order chi connectivity index (χ1) is 15.9. The number of hydrogen-bond donors (Lipinski definition) is 1. The predicted molar refractivity (Wildman–Crippen MR) is 142 cm³/mol. The van der Waals surface area contributed by atoms with Crippen molar-refractivity contribution in [1.82, 2.24) is 5.43 Å². The van der Waals surface area contributed by atoms with Gasteiger partial charge in [0, 0.05) is 15.6 Å². The summed E-state index contributed by atoms with van der Waals surface area (Å²) < 4.78 is 12.3. The largest absolute Gasteiger partial charge is 0.493 e. The van der Waals surface area contributed by atoms with Crippen molar-refractivity contribution < 1.29 is 14.3 Å². The Kier molecular flexibility index (Phi) is 9.41. The molecule has 0 bridgehead atoms. The van der Waals surface area contributed by atoms with Crippen molar-refractivity contribution in [2.45, 2.75) is 26.4 Å². The summed E-state index contributed by atoms with van der Waals surface area (Å²) >= 11 is 14.4. The van der Waals surface area contributed by atoms with Crippen LogP contribution in [0.15, 0.2) is 59.7 Å². The summed E-state index contributed by atoms with van der Waals surface area (Å²) in [6, 6.07) is 16.9. The fourth-order valence-electron chi connectivity index (χ4n) is 3.04. The maximum atomic E-state index is 12.2. The van der Waals surface area contributed by atoms with Crippen LogP contribution in [0.5, 0.6) is 11.5 Å². The molecule has 0 fully saturated rings. The van der Waals surface area contributed by atoms with E-state index in [1.807, 2.05) is 36.4 Å². The summed E-state index contributed by atoms with van der Waals surface area (Å²) in [5.41, 5.74) is 6.33. The summed E-state index contributed by atoms with van der Waals surface area (Å²) in [6.07, 6.45) is 2.81. The number of nitrogens with one attached hydrogen (secondary N) is 1. The molecule has 172 valence electrons. The number of amides is 1. The lowest BCUT2D eigenvalue weighted by molar-refractivity contribution is -0.120. The van der Waals surface area contributed by atoms with Crippen LogP contribution in [0, 0.1) is 3.57 Å². The first kappa shape index (κ1) is 25.3. The fraction of sp³-hybridized carbons (Fsp3) is 0.200. The Hall–Kier alpha value is -2.29. The minimum absolute atomic E-state index is 0.183. The molecule has 3 rings (SSSR count). The zero-order valence-corrected chi connectivity index (χ0v) is 21.9. The first-order valence-electron chi connectivity index (χ1n) is 10.2. The van der Waals surface area contributed by atoms with E-state index in [4.69, 9.17) is 32.7 Å². The number of nitrogens with zero attached hydrogens (tertiary/aromatic N) is 1. The van der Waals surface area contributed by atoms with E-state index in [2.05, 4.69) is 40.0 Å². The van der Waals surface area contributed by atoms with E-state index in [-0.39, 0.29) is 18.9 Å². The maximum Gasteiger partial charge on any atom is 0.244 e. The number of methoxy groups -OCH3 is 1. The molecule has 0 aliphatic heterocycles. The Morgan fingerprint density at radius 3 is 2.48 bits per heavy atom. The van der Waals surface area contributed by atoms with Gasteiger partial charge in [-0.05, 0) is 70.0 Å². The third-order valence-corrected chi connectivity index (χ3v) is 6.23. The van der Waals surface area contributed by atoms with Gasteiger partial charge in [0.05, 0.1) is 23.3 Å². The van der Waals surface area contributed by atoms with Gasteiger partial charge in [-0.25, -0.2) is 5.43 Å². The number of hydrogen-bond acceptors (Lipinski definition) is 4. The van der Waals surface area contributed by atoms with E-state index in [9.17, 15) is 4.79 Å². The van der Waals surface area contributed by atoms with Gasteiger partial charge in [-0.2, -0.15) is 5.10 Å². The standard InChI is InChI=1S/C25H23Cl2IN2O3/c1-3-16-4-6-17(7-5-16)12-24(31)30-29-14-18-10-22(28)25(23(11-18)32-2)33-15-19-8-9-20(26)13-21(19)27/h4-11,13-14H,3,12,15H2,1-2H3,(H,30,31)/b29-14+. The van der Waals surface area contributed by atoms with E-state index >= 15 is 0 Å². The van der Waals surface area contributed by atoms with Crippen LogP contribution in [0.3, 0.4) is 0 Å². The number of halogens is 3. The lowest BCUT2D eigenvalue weighted by Gasteiger charge is -2.14. The summed E-state index contributed by atoms with van der Waals surface area (Å²) in [5.74, 6) is 0.966. The Bertz CT molecular complexity index is 1150. The fourth-order valence-corrected chi connectivity index (χ4v) is 4.28. The number of carbonyl (C=O) groups is 1. The highest BCUT2D eigenvalue weighted by Crippen LogP contribution is 2.34. The quantitative estimate of drug-likeness (QED) is 0.176. The predicted octanol–water partition coefficient (Wildman–Crippen LogP) is 6.44. The van der Waals surface area contributed by atoms with Gasteiger partial charge in [0.1, 0.15) is 6.61 Å². The average Bonchev–Trinajstić information content (AvgIpc) is 2.79. The molecule has 3 aromatic rings. The van der Waals surface area contributed by atoms with Gasteiger partial charge >= 0.3 is 0 Å². The summed E-state index contributed by atoms with van der Waals surface area (Å²) in [6.45, 7) is 2.37. The molecule has 0 aliphatic carbocycles. The molecule has 0 spiro atoms. The molecule has 0 aliphatic rings. The minimum Gasteiger partial charge on any atom is -0.493 e. The Morgan fingerprint density at radius 2 is 1.82 bits per heavy atom. The van der Waals surface area contributed by atoms with E-state index in [1.54, 1.807) is 31.5 Å². The monoisotopic (exact) mass is 596 g/mol. The second-order valence-corrected chi connectivity index (χ2v) is 9.20. The zero-order chi connectivity index (χ0) is 23.8. The normalized spacial score (nSPS) is 10.9. The van der Waals surface area contributed by atoms with E-state index in [0.29, 0.717) is 21.5 Å². The molecule has 0 saturated carbocycles. The van der Waals surface area contributed by atoms with Gasteiger partial charge < -0.3 is 9.47 Å². The molecule has 33 heavy (non-hydrogen) atoms. The molecule has 0 unspecified atom stereocenters. The number of aryl methyl sites for hydroxylation is 1. The van der Waals surface area contributed by atoms with Crippen LogP contribution in [0.2, 0.25) is 10.0 Å². The minimum atomic E-state index is -0.183. The topological polar surface area (TPSA) is 59.9 Å². The molecule has 0 saturated heterocycles. The highest BCUT2D eigenvalue weighted by molar-refractivity contribution is 14.1. The summed E-state index contributed by atoms with van der Waals surface area (Å²) in [5, 5.41) is 5.19. The van der Waals surface area contributed by atoms with Gasteiger partial charge in [0.2, 0.25) is 5.91 Å². The Labute approximate surface area is 217 Å². The van der Waals surface area contributed by atoms with Crippen molar-refractivity contribution >= 4 is 57.9 Å². The molecule has 8 heteroatoms. The number of rotatable bonds is 9. The van der Waals surface area contributed by atoms with Gasteiger partial charge in [0.15, 0.2) is 11.5 Å². The maximum absolute atomic E-state index is 12.2. The van der Waals surface area contributed by atoms with Crippen LogP contribution in [0.4, 0.5) is 0 Å². The molecular formula is C25H23Cl2IN2O3. The van der Waals surface area contributed by atoms with E-state index in [1.165, 1.54) is 5.56 Å². The van der Waals surface area contributed by atoms with Crippen LogP contribution < -0.4 is 14.9 Å². The molecule has 1 amide bonds. The highest BCUT2D eigenvalue weighted by atomic mass is 127. The van der Waals surface area contributed by atoms with Crippen molar-refractivity contribution in [3.8, 4) is 11.5 Å². The van der Waals surface area contributed by atoms with Gasteiger partial charge in [-0.3, -0.25) is 4.79 Å². The lowest BCUT2D eigenvalue weighted by Crippen LogP contribution is -2.19. The van der Waals surface area contributed by atoms with E-state index in [0.717, 1.165) is 26.7 Å². The number of carbonyl (C=O) groups excluding carboxylic acids is 1. The highest BCUT2D eigenvalue weighted by Gasteiger charge is 2.13. The first-order valence-corrected chi connectivity index (χ1v) is 12.1. The summed E-state index contributed by atoms with van der Waals surface area (Å²) in [7, 11) is 1.57. The van der Waals surface area contributed by atoms with Crippen molar-refractivity contribution in [2.75, 3.05) is 7.11 Å². The van der Waals surface area contributed by atoms with Crippen LogP contribution in [-0.4, -0.2) is 19.2 Å². The molecule has 1 N–H and O–H groups in total. The second kappa shape index (κ2) is 12.3. The third kappa shape index (κ3) is 7.35. The van der Waals surface area contributed by atoms with Crippen LogP contribution >= 0.6 is 45.8 Å². The smallest absolute Gasteiger partial charge is 0.244 e. The van der Waals surface area contributed by atoms with Crippen molar-refractivity contribution in [3.05, 3.63) is 90.5 Å². The summed E-state index contributed by atoms with van der Waals surface area (Å²) in [4.78, 5) is 12.2. The van der Waals surface area contributed by atoms with Crippen LogP contribution in [0.1, 0.15) is 29.2 Å². The molecule has 3 aromatic carbocycles. The van der Waals surface area contributed by atoms with Gasteiger partial charge in [-0.15, -0.1) is 0 Å². The number of benzene rings is 3. The Balaban J connectivity index is 1.63. The second-order valence-electron chi connectivity index (χ2n) is 7.20. The molecule has 0 heterocycles. The average molecular weight is 597 g/mol. The van der Waals surface area contributed by atoms with Crippen molar-refractivity contribution in [2.24, 2.45) is 5.10 Å². The molecule has 0 aromatic heterocycles. The molecule has 0 radical (unpaired) electrons. The number of ether oxygens (including phenoxy) is 2. The van der Waals surface area contributed by atoms with E-state index < -0.39 is 0 Å². The van der Waals surface area contributed by atoms with Gasteiger partial charge in [0.25, 0.3) is 0 Å². The molecular weight excluding hydrogens is 574 g/mol. The van der Waals surface area contributed by atoms with Crippen molar-refractivity contribution in [1.29, 1.82) is 0 Å². The van der Waals surface area contributed by atoms with Crippen LogP contribution in [-0.2, 0) is 24.2 Å². The number of hydrazone groups is 1. The Morgan fingerprint density at radius 1 is 1.09 bits per heavy atom. The lowest BCUT2D eigenvalue weighted by atomic mass is 10.1. The zero-order valence-electron chi connectivity index (χ0n) is 18.2.